The number of benzene rings is 1. The lowest BCUT2D eigenvalue weighted by Crippen LogP contribution is -2.21. The number of nitrogens with zero attached hydrogens (tertiary/aromatic N) is 3. The molecule has 3 aromatic rings. The highest BCUT2D eigenvalue weighted by atomic mass is 32.1. The van der Waals surface area contributed by atoms with Gasteiger partial charge in [-0.1, -0.05) is 30.3 Å². The van der Waals surface area contributed by atoms with Gasteiger partial charge in [0.05, 0.1) is 22.4 Å². The van der Waals surface area contributed by atoms with Gasteiger partial charge in [0.2, 0.25) is 0 Å². The number of aromatic nitrogens is 3. The van der Waals surface area contributed by atoms with Crippen LogP contribution in [-0.2, 0) is 13.5 Å². The van der Waals surface area contributed by atoms with E-state index in [2.05, 4.69) is 27.9 Å². The van der Waals surface area contributed by atoms with Crippen molar-refractivity contribution in [3.8, 4) is 11.3 Å². The predicted molar refractivity (Wildman–Crippen MR) is 86.3 cm³/mol. The van der Waals surface area contributed by atoms with Gasteiger partial charge in [0.15, 0.2) is 0 Å². The van der Waals surface area contributed by atoms with E-state index in [1.54, 1.807) is 11.3 Å². The molecule has 1 unspecified atom stereocenters. The van der Waals surface area contributed by atoms with Crippen molar-refractivity contribution >= 4 is 11.3 Å². The Morgan fingerprint density at radius 1 is 1.24 bits per heavy atom. The van der Waals surface area contributed by atoms with Crippen LogP contribution in [0.15, 0.2) is 48.0 Å². The summed E-state index contributed by atoms with van der Waals surface area (Å²) in [6.45, 7) is 0. The van der Waals surface area contributed by atoms with Crippen molar-refractivity contribution in [3.63, 3.8) is 0 Å². The maximum absolute atomic E-state index is 4.76. The van der Waals surface area contributed by atoms with E-state index in [1.807, 2.05) is 49.2 Å². The Kier molecular flexibility index (Phi) is 4.13. The van der Waals surface area contributed by atoms with Gasteiger partial charge in [-0.15, -0.1) is 11.3 Å². The predicted octanol–water partition coefficient (Wildman–Crippen LogP) is 3.05. The standard InChI is InChI=1S/C16H18N4S/c1-17-13(15-8-9-18-20(15)2)10-16-19-14(11-21-16)12-6-4-3-5-7-12/h3-9,11,13,17H,10H2,1-2H3. The molecule has 0 radical (unpaired) electrons. The summed E-state index contributed by atoms with van der Waals surface area (Å²) in [7, 11) is 3.94. The van der Waals surface area contributed by atoms with Crippen molar-refractivity contribution in [1.29, 1.82) is 0 Å². The van der Waals surface area contributed by atoms with Crippen LogP contribution in [0.1, 0.15) is 16.7 Å². The maximum Gasteiger partial charge on any atom is 0.0952 e. The highest BCUT2D eigenvalue weighted by Gasteiger charge is 2.16. The number of thiazole rings is 1. The van der Waals surface area contributed by atoms with Crippen molar-refractivity contribution in [2.75, 3.05) is 7.05 Å². The van der Waals surface area contributed by atoms with Crippen LogP contribution in [0.25, 0.3) is 11.3 Å². The van der Waals surface area contributed by atoms with Crippen LogP contribution in [0.2, 0.25) is 0 Å². The molecule has 1 atom stereocenters. The Labute approximate surface area is 128 Å². The Hall–Kier alpha value is -1.98. The second-order valence-electron chi connectivity index (χ2n) is 4.92. The van der Waals surface area contributed by atoms with E-state index >= 15 is 0 Å². The molecule has 0 amide bonds. The molecule has 0 saturated heterocycles. The van der Waals surface area contributed by atoms with Gasteiger partial charge in [0.25, 0.3) is 0 Å². The molecular formula is C16H18N4S. The van der Waals surface area contributed by atoms with Gasteiger partial charge in [-0.3, -0.25) is 4.68 Å². The van der Waals surface area contributed by atoms with E-state index < -0.39 is 0 Å². The Bertz CT molecular complexity index is 702. The summed E-state index contributed by atoms with van der Waals surface area (Å²) in [4.78, 5) is 4.76. The molecule has 21 heavy (non-hydrogen) atoms. The summed E-state index contributed by atoms with van der Waals surface area (Å²) in [6.07, 6.45) is 2.70. The second kappa shape index (κ2) is 6.20. The molecule has 0 aliphatic carbocycles. The summed E-state index contributed by atoms with van der Waals surface area (Å²) in [5, 5.41) is 10.8. The quantitative estimate of drug-likeness (QED) is 0.787. The van der Waals surface area contributed by atoms with Gasteiger partial charge in [0.1, 0.15) is 0 Å². The fourth-order valence-electron chi connectivity index (χ4n) is 2.40. The summed E-state index contributed by atoms with van der Waals surface area (Å²) in [5.74, 6) is 0. The number of likely N-dealkylation sites (N-methyl/N-ethyl adjacent to an activating group) is 1. The summed E-state index contributed by atoms with van der Waals surface area (Å²) < 4.78 is 1.91. The number of nitrogens with one attached hydrogen (secondary N) is 1. The van der Waals surface area contributed by atoms with Crippen LogP contribution in [0.3, 0.4) is 0 Å². The van der Waals surface area contributed by atoms with Crippen LogP contribution in [0, 0.1) is 0 Å². The maximum atomic E-state index is 4.76. The van der Waals surface area contributed by atoms with Crippen LogP contribution in [-0.4, -0.2) is 21.8 Å². The molecule has 0 saturated carbocycles. The molecule has 4 nitrogen and oxygen atoms in total. The van der Waals surface area contributed by atoms with E-state index in [4.69, 9.17) is 4.98 Å². The molecule has 2 heterocycles. The average molecular weight is 298 g/mol. The lowest BCUT2D eigenvalue weighted by atomic mass is 10.1. The van der Waals surface area contributed by atoms with Crippen LogP contribution >= 0.6 is 11.3 Å². The summed E-state index contributed by atoms with van der Waals surface area (Å²) >= 11 is 1.71. The zero-order valence-electron chi connectivity index (χ0n) is 12.2. The molecule has 1 N–H and O–H groups in total. The summed E-state index contributed by atoms with van der Waals surface area (Å²) in [5.41, 5.74) is 3.39. The first-order valence-electron chi connectivity index (χ1n) is 6.93. The van der Waals surface area contributed by atoms with Gasteiger partial charge in [-0.2, -0.15) is 5.10 Å². The molecule has 3 rings (SSSR count). The van der Waals surface area contributed by atoms with Crippen molar-refractivity contribution in [3.05, 3.63) is 58.7 Å². The second-order valence-corrected chi connectivity index (χ2v) is 5.86. The monoisotopic (exact) mass is 298 g/mol. The molecule has 108 valence electrons. The smallest absolute Gasteiger partial charge is 0.0952 e. The molecule has 2 aromatic heterocycles. The Morgan fingerprint density at radius 2 is 2.05 bits per heavy atom. The number of rotatable bonds is 5. The van der Waals surface area contributed by atoms with Crippen molar-refractivity contribution < 1.29 is 0 Å². The summed E-state index contributed by atoms with van der Waals surface area (Å²) in [6, 6.07) is 12.6. The third-order valence-electron chi connectivity index (χ3n) is 3.56. The Morgan fingerprint density at radius 3 is 2.71 bits per heavy atom. The van der Waals surface area contributed by atoms with E-state index in [-0.39, 0.29) is 6.04 Å². The van der Waals surface area contributed by atoms with Crippen LogP contribution in [0.4, 0.5) is 0 Å². The highest BCUT2D eigenvalue weighted by Crippen LogP contribution is 2.25. The fourth-order valence-corrected chi connectivity index (χ4v) is 3.25. The molecule has 0 bridgehead atoms. The van der Waals surface area contributed by atoms with Gasteiger partial charge in [-0.25, -0.2) is 4.98 Å². The van der Waals surface area contributed by atoms with E-state index in [9.17, 15) is 0 Å². The SMILES string of the molecule is CNC(Cc1nc(-c2ccccc2)cs1)c1ccnn1C. The minimum absolute atomic E-state index is 0.229. The molecule has 5 heteroatoms. The van der Waals surface area contributed by atoms with Crippen molar-refractivity contribution in [2.24, 2.45) is 7.05 Å². The zero-order valence-corrected chi connectivity index (χ0v) is 13.0. The molecule has 0 spiro atoms. The normalized spacial score (nSPS) is 12.5. The third kappa shape index (κ3) is 3.04. The average Bonchev–Trinajstić information content (AvgIpc) is 3.15. The largest absolute Gasteiger partial charge is 0.311 e. The minimum atomic E-state index is 0.229. The lowest BCUT2D eigenvalue weighted by Gasteiger charge is -2.14. The van der Waals surface area contributed by atoms with Gasteiger partial charge < -0.3 is 5.32 Å². The van der Waals surface area contributed by atoms with Gasteiger partial charge in [-0.05, 0) is 13.1 Å². The first kappa shape index (κ1) is 14.0. The zero-order chi connectivity index (χ0) is 14.7. The minimum Gasteiger partial charge on any atom is -0.311 e. The van der Waals surface area contributed by atoms with Gasteiger partial charge >= 0.3 is 0 Å². The molecule has 0 fully saturated rings. The number of hydrogen-bond donors (Lipinski definition) is 1. The van der Waals surface area contributed by atoms with Crippen molar-refractivity contribution in [2.45, 2.75) is 12.5 Å². The van der Waals surface area contributed by atoms with Crippen LogP contribution in [0.5, 0.6) is 0 Å². The molecule has 1 aromatic carbocycles. The van der Waals surface area contributed by atoms with Gasteiger partial charge in [0, 0.05) is 30.6 Å². The third-order valence-corrected chi connectivity index (χ3v) is 4.44. The number of hydrogen-bond acceptors (Lipinski definition) is 4. The van der Waals surface area contributed by atoms with E-state index in [0.717, 1.165) is 17.1 Å². The highest BCUT2D eigenvalue weighted by molar-refractivity contribution is 7.09. The van der Waals surface area contributed by atoms with Crippen molar-refractivity contribution in [1.82, 2.24) is 20.1 Å². The lowest BCUT2D eigenvalue weighted by molar-refractivity contribution is 0.536. The first-order chi connectivity index (χ1) is 10.3. The topological polar surface area (TPSA) is 42.7 Å². The van der Waals surface area contributed by atoms with E-state index in [1.165, 1.54) is 11.3 Å². The molecule has 0 aliphatic rings. The first-order valence-corrected chi connectivity index (χ1v) is 7.81. The molecular weight excluding hydrogens is 280 g/mol. The molecule has 0 aliphatic heterocycles. The fraction of sp³-hybridized carbons (Fsp3) is 0.250. The Balaban J connectivity index is 1.79. The number of aryl methyl sites for hydroxylation is 1. The van der Waals surface area contributed by atoms with E-state index in [0.29, 0.717) is 0 Å². The van der Waals surface area contributed by atoms with Crippen LogP contribution < -0.4 is 5.32 Å².